The molecule has 2 aromatic heterocycles. The van der Waals surface area contributed by atoms with Crippen LogP contribution in [0.4, 0.5) is 0 Å². The Kier molecular flexibility index (Phi) is 3.72. The summed E-state index contributed by atoms with van der Waals surface area (Å²) in [6.45, 7) is 1.04. The lowest BCUT2D eigenvalue weighted by molar-refractivity contribution is 0.452. The number of aromatic nitrogens is 1. The van der Waals surface area contributed by atoms with Gasteiger partial charge in [-0.15, -0.1) is 11.3 Å². The van der Waals surface area contributed by atoms with E-state index in [4.69, 9.17) is 0 Å². The van der Waals surface area contributed by atoms with Crippen LogP contribution in [0.15, 0.2) is 35.8 Å². The molecule has 3 rings (SSSR count). The van der Waals surface area contributed by atoms with E-state index in [1.807, 2.05) is 23.6 Å². The molecule has 0 bridgehead atoms. The highest BCUT2D eigenvalue weighted by Crippen LogP contribution is 2.27. The van der Waals surface area contributed by atoms with E-state index < -0.39 is 0 Å². The zero-order chi connectivity index (χ0) is 12.2. The van der Waals surface area contributed by atoms with Crippen molar-refractivity contribution in [2.75, 3.05) is 6.54 Å². The van der Waals surface area contributed by atoms with E-state index in [1.165, 1.54) is 35.4 Å². The van der Waals surface area contributed by atoms with Gasteiger partial charge in [0.05, 0.1) is 5.69 Å². The Morgan fingerprint density at radius 3 is 3.22 bits per heavy atom. The van der Waals surface area contributed by atoms with Crippen molar-refractivity contribution in [2.45, 2.75) is 31.7 Å². The van der Waals surface area contributed by atoms with E-state index >= 15 is 0 Å². The Labute approximate surface area is 112 Å². The highest BCUT2D eigenvalue weighted by molar-refractivity contribution is 7.09. The van der Waals surface area contributed by atoms with Crippen LogP contribution in [-0.4, -0.2) is 11.5 Å². The molecule has 0 aliphatic heterocycles. The molecule has 1 N–H and O–H groups in total. The molecular formula is C15H18N2S. The number of nitrogens with zero attached hydrogens (tertiary/aromatic N) is 1. The molecule has 2 heterocycles. The predicted molar refractivity (Wildman–Crippen MR) is 75.9 cm³/mol. The second-order valence-corrected chi connectivity index (χ2v) is 5.81. The number of fused-ring (bicyclic) bond motifs is 1. The van der Waals surface area contributed by atoms with Gasteiger partial charge in [-0.2, -0.15) is 0 Å². The van der Waals surface area contributed by atoms with Crippen molar-refractivity contribution in [3.05, 3.63) is 52.0 Å². The second kappa shape index (κ2) is 5.63. The molecule has 0 radical (unpaired) electrons. The van der Waals surface area contributed by atoms with Crippen LogP contribution in [-0.2, 0) is 12.8 Å². The third-order valence-electron chi connectivity index (χ3n) is 3.54. The molecule has 94 valence electrons. The van der Waals surface area contributed by atoms with Gasteiger partial charge in [0.1, 0.15) is 0 Å². The number of rotatable bonds is 4. The summed E-state index contributed by atoms with van der Waals surface area (Å²) in [4.78, 5) is 6.01. The lowest BCUT2D eigenvalue weighted by Gasteiger charge is -2.25. The molecule has 2 aromatic rings. The largest absolute Gasteiger partial charge is 0.308 e. The van der Waals surface area contributed by atoms with Crippen LogP contribution in [0.2, 0.25) is 0 Å². The number of thiophene rings is 1. The molecule has 0 saturated heterocycles. The third-order valence-corrected chi connectivity index (χ3v) is 4.47. The van der Waals surface area contributed by atoms with Gasteiger partial charge in [0.2, 0.25) is 0 Å². The van der Waals surface area contributed by atoms with Crippen molar-refractivity contribution in [3.8, 4) is 0 Å². The van der Waals surface area contributed by atoms with Crippen LogP contribution in [0.25, 0.3) is 0 Å². The van der Waals surface area contributed by atoms with Gasteiger partial charge in [0, 0.05) is 23.7 Å². The highest BCUT2D eigenvalue weighted by Gasteiger charge is 2.20. The minimum Gasteiger partial charge on any atom is -0.308 e. The van der Waals surface area contributed by atoms with E-state index in [2.05, 4.69) is 33.9 Å². The first-order valence-corrected chi connectivity index (χ1v) is 7.51. The van der Waals surface area contributed by atoms with Crippen molar-refractivity contribution in [2.24, 2.45) is 0 Å². The third kappa shape index (κ3) is 2.62. The fraction of sp³-hybridized carbons (Fsp3) is 0.400. The van der Waals surface area contributed by atoms with Gasteiger partial charge in [-0.1, -0.05) is 12.1 Å². The van der Waals surface area contributed by atoms with Crippen LogP contribution >= 0.6 is 11.3 Å². The van der Waals surface area contributed by atoms with Crippen LogP contribution < -0.4 is 5.32 Å². The van der Waals surface area contributed by atoms with Crippen LogP contribution in [0.5, 0.6) is 0 Å². The van der Waals surface area contributed by atoms with E-state index in [9.17, 15) is 0 Å². The summed E-state index contributed by atoms with van der Waals surface area (Å²) >= 11 is 1.84. The Morgan fingerprint density at radius 2 is 2.33 bits per heavy atom. The molecule has 1 unspecified atom stereocenters. The Bertz CT molecular complexity index is 493. The molecule has 2 nitrogen and oxygen atoms in total. The zero-order valence-corrected chi connectivity index (χ0v) is 11.2. The van der Waals surface area contributed by atoms with Gasteiger partial charge in [0.25, 0.3) is 0 Å². The van der Waals surface area contributed by atoms with Crippen molar-refractivity contribution in [3.63, 3.8) is 0 Å². The van der Waals surface area contributed by atoms with Crippen LogP contribution in [0.1, 0.15) is 35.0 Å². The quantitative estimate of drug-likeness (QED) is 0.909. The fourth-order valence-corrected chi connectivity index (χ4v) is 3.34. The lowest BCUT2D eigenvalue weighted by atomic mass is 9.92. The molecule has 0 fully saturated rings. The summed E-state index contributed by atoms with van der Waals surface area (Å²) in [5.74, 6) is 0. The summed E-state index contributed by atoms with van der Waals surface area (Å²) in [7, 11) is 0. The van der Waals surface area contributed by atoms with Crippen molar-refractivity contribution in [1.82, 2.24) is 10.3 Å². The Morgan fingerprint density at radius 1 is 1.33 bits per heavy atom. The summed E-state index contributed by atoms with van der Waals surface area (Å²) < 4.78 is 0. The summed E-state index contributed by atoms with van der Waals surface area (Å²) in [5.41, 5.74) is 2.70. The smallest absolute Gasteiger partial charge is 0.0605 e. The molecule has 0 aromatic carbocycles. The van der Waals surface area contributed by atoms with E-state index in [0.29, 0.717) is 6.04 Å². The highest BCUT2D eigenvalue weighted by atomic mass is 32.1. The van der Waals surface area contributed by atoms with Crippen molar-refractivity contribution >= 4 is 11.3 Å². The van der Waals surface area contributed by atoms with Gasteiger partial charge < -0.3 is 5.32 Å². The maximum absolute atomic E-state index is 4.56. The average Bonchev–Trinajstić information content (AvgIpc) is 2.92. The van der Waals surface area contributed by atoms with Crippen molar-refractivity contribution in [1.29, 1.82) is 0 Å². The SMILES string of the molecule is c1csc(CCNC2CCCc3cccnc32)c1. The normalized spacial score (nSPS) is 18.6. The van der Waals surface area contributed by atoms with E-state index in [-0.39, 0.29) is 0 Å². The number of pyridine rings is 1. The number of aryl methyl sites for hydroxylation is 1. The van der Waals surface area contributed by atoms with Crippen molar-refractivity contribution < 1.29 is 0 Å². The van der Waals surface area contributed by atoms with Crippen LogP contribution in [0.3, 0.4) is 0 Å². The van der Waals surface area contributed by atoms with E-state index in [0.717, 1.165) is 13.0 Å². The molecule has 1 aliphatic carbocycles. The number of hydrogen-bond acceptors (Lipinski definition) is 3. The predicted octanol–water partition coefficient (Wildman–Crippen LogP) is 3.35. The molecule has 18 heavy (non-hydrogen) atoms. The molecule has 0 amide bonds. The minimum absolute atomic E-state index is 0.454. The lowest BCUT2D eigenvalue weighted by Crippen LogP contribution is -2.27. The molecular weight excluding hydrogens is 240 g/mol. The van der Waals surface area contributed by atoms with Gasteiger partial charge in [-0.3, -0.25) is 4.98 Å². The summed E-state index contributed by atoms with van der Waals surface area (Å²) in [5, 5.41) is 5.81. The molecule has 0 saturated carbocycles. The number of hydrogen-bond donors (Lipinski definition) is 1. The zero-order valence-electron chi connectivity index (χ0n) is 10.4. The molecule has 1 atom stereocenters. The molecule has 1 aliphatic rings. The monoisotopic (exact) mass is 258 g/mol. The maximum Gasteiger partial charge on any atom is 0.0605 e. The second-order valence-electron chi connectivity index (χ2n) is 4.78. The summed E-state index contributed by atoms with van der Waals surface area (Å²) in [6, 6.07) is 9.05. The first kappa shape index (κ1) is 11.9. The molecule has 0 spiro atoms. The first-order valence-electron chi connectivity index (χ1n) is 6.63. The number of nitrogens with one attached hydrogen (secondary N) is 1. The standard InChI is InChI=1S/C15H18N2S/c1-4-12-5-2-9-17-15(12)14(7-1)16-10-8-13-6-3-11-18-13/h2-3,5-6,9,11,14,16H,1,4,7-8,10H2. The van der Waals surface area contributed by atoms with Gasteiger partial charge in [-0.05, 0) is 48.8 Å². The van der Waals surface area contributed by atoms with Gasteiger partial charge >= 0.3 is 0 Å². The topological polar surface area (TPSA) is 24.9 Å². The first-order chi connectivity index (χ1) is 8.93. The summed E-state index contributed by atoms with van der Waals surface area (Å²) in [6.07, 6.45) is 6.71. The van der Waals surface area contributed by atoms with Gasteiger partial charge in [-0.25, -0.2) is 0 Å². The fourth-order valence-electron chi connectivity index (χ4n) is 2.63. The maximum atomic E-state index is 4.56. The Hall–Kier alpha value is -1.19. The minimum atomic E-state index is 0.454. The Balaban J connectivity index is 1.60. The van der Waals surface area contributed by atoms with Crippen LogP contribution in [0, 0.1) is 0 Å². The van der Waals surface area contributed by atoms with Gasteiger partial charge in [0.15, 0.2) is 0 Å². The van der Waals surface area contributed by atoms with E-state index in [1.54, 1.807) is 0 Å². The average molecular weight is 258 g/mol. The molecule has 3 heteroatoms.